The Bertz CT molecular complexity index is 562. The molecule has 0 amide bonds. The smallest absolute Gasteiger partial charge is 0.336 e. The van der Waals surface area contributed by atoms with Crippen LogP contribution in [0.25, 0.3) is 11.1 Å². The average molecular weight is 267 g/mol. The Hall–Kier alpha value is -1.51. The molecule has 0 radical (unpaired) electrons. The molecule has 0 saturated carbocycles. The fourth-order valence-electron chi connectivity index (χ4n) is 1.57. The zero-order valence-corrected chi connectivity index (χ0v) is 10.2. The Kier molecular flexibility index (Phi) is 3.36. The van der Waals surface area contributed by atoms with Gasteiger partial charge in [0.1, 0.15) is 0 Å². The van der Waals surface area contributed by atoms with Gasteiger partial charge in [-0.25, -0.2) is 4.79 Å². The lowest BCUT2D eigenvalue weighted by atomic mass is 10.00. The van der Waals surface area contributed by atoms with Crippen molar-refractivity contribution in [2.45, 2.75) is 0 Å². The van der Waals surface area contributed by atoms with E-state index < -0.39 is 5.97 Å². The van der Waals surface area contributed by atoms with Crippen molar-refractivity contribution in [1.82, 2.24) is 0 Å². The molecule has 0 spiro atoms. The van der Waals surface area contributed by atoms with Crippen LogP contribution < -0.4 is 0 Å². The number of halogens is 2. The SMILES string of the molecule is O=C(O)c1cc(Cl)ccc1-c1ccc(Cl)cc1. The van der Waals surface area contributed by atoms with E-state index in [1.54, 1.807) is 36.4 Å². The zero-order valence-electron chi connectivity index (χ0n) is 8.65. The number of benzene rings is 2. The molecule has 86 valence electrons. The van der Waals surface area contributed by atoms with Crippen LogP contribution in [0.5, 0.6) is 0 Å². The van der Waals surface area contributed by atoms with Crippen molar-refractivity contribution in [3.63, 3.8) is 0 Å². The van der Waals surface area contributed by atoms with Crippen LogP contribution in [0.2, 0.25) is 10.0 Å². The summed E-state index contributed by atoms with van der Waals surface area (Å²) in [6, 6.07) is 11.8. The van der Waals surface area contributed by atoms with E-state index >= 15 is 0 Å². The molecule has 0 heterocycles. The summed E-state index contributed by atoms with van der Waals surface area (Å²) in [5.41, 5.74) is 1.60. The van der Waals surface area contributed by atoms with Crippen molar-refractivity contribution in [3.8, 4) is 11.1 Å². The van der Waals surface area contributed by atoms with Crippen LogP contribution in [0.15, 0.2) is 42.5 Å². The summed E-state index contributed by atoms with van der Waals surface area (Å²) in [6.45, 7) is 0. The van der Waals surface area contributed by atoms with E-state index in [-0.39, 0.29) is 5.56 Å². The summed E-state index contributed by atoms with van der Waals surface area (Å²) >= 11 is 11.6. The molecule has 2 aromatic rings. The fourth-order valence-corrected chi connectivity index (χ4v) is 1.87. The molecule has 17 heavy (non-hydrogen) atoms. The first-order valence-electron chi connectivity index (χ1n) is 4.87. The Labute approximate surface area is 108 Å². The molecule has 0 fully saturated rings. The second-order valence-electron chi connectivity index (χ2n) is 3.50. The molecule has 0 aromatic heterocycles. The number of rotatable bonds is 2. The van der Waals surface area contributed by atoms with Crippen LogP contribution in [0, 0.1) is 0 Å². The molecule has 0 aliphatic rings. The van der Waals surface area contributed by atoms with Crippen LogP contribution in [0.4, 0.5) is 0 Å². The quantitative estimate of drug-likeness (QED) is 0.877. The third-order valence-corrected chi connectivity index (χ3v) is 2.85. The van der Waals surface area contributed by atoms with Crippen LogP contribution in [-0.2, 0) is 0 Å². The molecule has 2 nitrogen and oxygen atoms in total. The maximum absolute atomic E-state index is 11.1. The maximum Gasteiger partial charge on any atom is 0.336 e. The fraction of sp³-hybridized carbons (Fsp3) is 0. The van der Waals surface area contributed by atoms with E-state index in [9.17, 15) is 4.79 Å². The van der Waals surface area contributed by atoms with Gasteiger partial charge < -0.3 is 5.11 Å². The van der Waals surface area contributed by atoms with Gasteiger partial charge >= 0.3 is 5.97 Å². The summed E-state index contributed by atoms with van der Waals surface area (Å²) in [5, 5.41) is 10.1. The van der Waals surface area contributed by atoms with E-state index in [1.807, 2.05) is 0 Å². The van der Waals surface area contributed by atoms with E-state index in [1.165, 1.54) is 6.07 Å². The lowest BCUT2D eigenvalue weighted by Crippen LogP contribution is -1.99. The van der Waals surface area contributed by atoms with E-state index in [2.05, 4.69) is 0 Å². The van der Waals surface area contributed by atoms with Gasteiger partial charge in [-0.3, -0.25) is 0 Å². The van der Waals surface area contributed by atoms with Gasteiger partial charge in [0, 0.05) is 10.0 Å². The second kappa shape index (κ2) is 4.78. The Morgan fingerprint density at radius 1 is 0.941 bits per heavy atom. The molecule has 4 heteroatoms. The molecular formula is C13H8Cl2O2. The molecule has 0 aliphatic carbocycles. The highest BCUT2D eigenvalue weighted by Gasteiger charge is 2.12. The minimum Gasteiger partial charge on any atom is -0.478 e. The number of carboxylic acid groups (broad SMARTS) is 1. The van der Waals surface area contributed by atoms with Gasteiger partial charge in [0.2, 0.25) is 0 Å². The van der Waals surface area contributed by atoms with Gasteiger partial charge in [0.15, 0.2) is 0 Å². The molecule has 0 bridgehead atoms. The first-order valence-corrected chi connectivity index (χ1v) is 5.62. The minimum atomic E-state index is -1.00. The highest BCUT2D eigenvalue weighted by atomic mass is 35.5. The highest BCUT2D eigenvalue weighted by Crippen LogP contribution is 2.27. The molecule has 0 aliphatic heterocycles. The summed E-state index contributed by atoms with van der Waals surface area (Å²) < 4.78 is 0. The largest absolute Gasteiger partial charge is 0.478 e. The Balaban J connectivity index is 2.58. The molecule has 0 atom stereocenters. The third kappa shape index (κ3) is 2.60. The normalized spacial score (nSPS) is 10.2. The van der Waals surface area contributed by atoms with Gasteiger partial charge in [0.25, 0.3) is 0 Å². The van der Waals surface area contributed by atoms with Crippen LogP contribution in [0.3, 0.4) is 0 Å². The average Bonchev–Trinajstić information content (AvgIpc) is 2.30. The lowest BCUT2D eigenvalue weighted by Gasteiger charge is -2.06. The summed E-state index contributed by atoms with van der Waals surface area (Å²) in [6.07, 6.45) is 0. The summed E-state index contributed by atoms with van der Waals surface area (Å²) in [4.78, 5) is 11.1. The standard InChI is InChI=1S/C13H8Cl2O2/c14-9-3-1-8(2-4-9)11-6-5-10(15)7-12(11)13(16)17/h1-7H,(H,16,17). The third-order valence-electron chi connectivity index (χ3n) is 2.37. The molecule has 0 saturated heterocycles. The Morgan fingerprint density at radius 2 is 1.53 bits per heavy atom. The minimum absolute atomic E-state index is 0.180. The Morgan fingerprint density at radius 3 is 2.12 bits per heavy atom. The monoisotopic (exact) mass is 266 g/mol. The zero-order chi connectivity index (χ0) is 12.4. The van der Waals surface area contributed by atoms with Gasteiger partial charge in [-0.1, -0.05) is 41.4 Å². The lowest BCUT2D eigenvalue weighted by molar-refractivity contribution is 0.0697. The van der Waals surface area contributed by atoms with Gasteiger partial charge in [-0.15, -0.1) is 0 Å². The number of hydrogen-bond acceptors (Lipinski definition) is 1. The van der Waals surface area contributed by atoms with Gasteiger partial charge in [0.05, 0.1) is 5.56 Å². The first kappa shape index (κ1) is 12.0. The van der Waals surface area contributed by atoms with Crippen molar-refractivity contribution in [1.29, 1.82) is 0 Å². The van der Waals surface area contributed by atoms with Crippen molar-refractivity contribution in [3.05, 3.63) is 58.1 Å². The van der Waals surface area contributed by atoms with Crippen LogP contribution in [0.1, 0.15) is 10.4 Å². The van der Waals surface area contributed by atoms with Crippen molar-refractivity contribution >= 4 is 29.2 Å². The van der Waals surface area contributed by atoms with Gasteiger partial charge in [-0.05, 0) is 35.4 Å². The molecule has 2 aromatic carbocycles. The summed E-state index contributed by atoms with van der Waals surface area (Å²) in [7, 11) is 0. The number of aromatic carboxylic acids is 1. The van der Waals surface area contributed by atoms with E-state index in [0.29, 0.717) is 15.6 Å². The van der Waals surface area contributed by atoms with Crippen LogP contribution in [-0.4, -0.2) is 11.1 Å². The highest BCUT2D eigenvalue weighted by molar-refractivity contribution is 6.31. The predicted molar refractivity (Wildman–Crippen MR) is 68.9 cm³/mol. The van der Waals surface area contributed by atoms with Crippen molar-refractivity contribution in [2.75, 3.05) is 0 Å². The van der Waals surface area contributed by atoms with Crippen LogP contribution >= 0.6 is 23.2 Å². The van der Waals surface area contributed by atoms with Crippen molar-refractivity contribution in [2.24, 2.45) is 0 Å². The number of carboxylic acids is 1. The number of carbonyl (C=O) groups is 1. The molecule has 0 unspecified atom stereocenters. The summed E-state index contributed by atoms with van der Waals surface area (Å²) in [5.74, 6) is -1.00. The second-order valence-corrected chi connectivity index (χ2v) is 4.37. The number of hydrogen-bond donors (Lipinski definition) is 1. The van der Waals surface area contributed by atoms with Crippen molar-refractivity contribution < 1.29 is 9.90 Å². The first-order chi connectivity index (χ1) is 8.08. The topological polar surface area (TPSA) is 37.3 Å². The predicted octanol–water partition coefficient (Wildman–Crippen LogP) is 4.36. The maximum atomic E-state index is 11.1. The molecule has 1 N–H and O–H groups in total. The van der Waals surface area contributed by atoms with Gasteiger partial charge in [-0.2, -0.15) is 0 Å². The molecular weight excluding hydrogens is 259 g/mol. The molecule has 2 rings (SSSR count). The van der Waals surface area contributed by atoms with E-state index in [4.69, 9.17) is 28.3 Å². The van der Waals surface area contributed by atoms with E-state index in [0.717, 1.165) is 5.56 Å².